The Balaban J connectivity index is 1.80. The minimum absolute atomic E-state index is 0.0323. The molecule has 6 heteroatoms. The summed E-state index contributed by atoms with van der Waals surface area (Å²) in [5, 5.41) is 15.3. The molecule has 0 fully saturated rings. The van der Waals surface area contributed by atoms with Gasteiger partial charge in [-0.05, 0) is 30.7 Å². The van der Waals surface area contributed by atoms with Crippen LogP contribution in [0.5, 0.6) is 5.75 Å². The molecule has 128 valence electrons. The van der Waals surface area contributed by atoms with E-state index in [9.17, 15) is 14.3 Å². The lowest BCUT2D eigenvalue weighted by molar-refractivity contribution is 0.173. The molecule has 0 aliphatic heterocycles. The molecule has 0 heterocycles. The summed E-state index contributed by atoms with van der Waals surface area (Å²) in [7, 11) is 0. The maximum Gasteiger partial charge on any atom is 0.315 e. The highest BCUT2D eigenvalue weighted by molar-refractivity contribution is 5.73. The molecule has 0 aromatic heterocycles. The zero-order chi connectivity index (χ0) is 17.4. The maximum absolute atomic E-state index is 12.8. The van der Waals surface area contributed by atoms with Gasteiger partial charge in [-0.2, -0.15) is 0 Å². The van der Waals surface area contributed by atoms with Crippen LogP contribution in [0.2, 0.25) is 0 Å². The number of hydrogen-bond acceptors (Lipinski definition) is 3. The molecule has 0 spiro atoms. The summed E-state index contributed by atoms with van der Waals surface area (Å²) in [4.78, 5) is 11.8. The van der Waals surface area contributed by atoms with Gasteiger partial charge in [-0.1, -0.05) is 30.3 Å². The van der Waals surface area contributed by atoms with Crippen LogP contribution in [0.4, 0.5) is 9.18 Å². The van der Waals surface area contributed by atoms with Crippen molar-refractivity contribution in [3.63, 3.8) is 0 Å². The zero-order valence-corrected chi connectivity index (χ0v) is 13.5. The predicted octanol–water partition coefficient (Wildman–Crippen LogP) is 2.76. The van der Waals surface area contributed by atoms with Gasteiger partial charge in [0.2, 0.25) is 0 Å². The van der Waals surface area contributed by atoms with Gasteiger partial charge < -0.3 is 20.5 Å². The molecule has 2 amide bonds. The summed E-state index contributed by atoms with van der Waals surface area (Å²) < 4.78 is 18.3. The second kappa shape index (κ2) is 8.88. The van der Waals surface area contributed by atoms with Crippen molar-refractivity contribution < 1.29 is 19.0 Å². The van der Waals surface area contributed by atoms with Crippen LogP contribution in [-0.2, 0) is 6.54 Å². The molecule has 0 aliphatic carbocycles. The Morgan fingerprint density at radius 3 is 2.58 bits per heavy atom. The van der Waals surface area contributed by atoms with E-state index in [1.165, 1.54) is 24.3 Å². The molecule has 0 radical (unpaired) electrons. The fourth-order valence-electron chi connectivity index (χ4n) is 2.18. The van der Waals surface area contributed by atoms with Crippen LogP contribution in [0.3, 0.4) is 0 Å². The summed E-state index contributed by atoms with van der Waals surface area (Å²) in [5.41, 5.74) is 1.41. The van der Waals surface area contributed by atoms with Gasteiger partial charge in [0.15, 0.2) is 0 Å². The van der Waals surface area contributed by atoms with E-state index in [0.717, 1.165) is 11.3 Å². The van der Waals surface area contributed by atoms with Crippen molar-refractivity contribution in [1.29, 1.82) is 0 Å². The first-order valence-electron chi connectivity index (χ1n) is 7.76. The fourth-order valence-corrected chi connectivity index (χ4v) is 2.18. The van der Waals surface area contributed by atoms with Gasteiger partial charge in [0, 0.05) is 18.7 Å². The molecule has 0 aliphatic rings. The van der Waals surface area contributed by atoms with Crippen LogP contribution >= 0.6 is 0 Å². The molecule has 0 bridgehead atoms. The lowest BCUT2D eigenvalue weighted by atomic mass is 10.1. The van der Waals surface area contributed by atoms with Gasteiger partial charge in [-0.25, -0.2) is 9.18 Å². The van der Waals surface area contributed by atoms with Crippen molar-refractivity contribution in [2.45, 2.75) is 19.6 Å². The number of aliphatic hydroxyl groups excluding tert-OH is 1. The smallest absolute Gasteiger partial charge is 0.315 e. The fraction of sp³-hybridized carbons (Fsp3) is 0.278. The van der Waals surface area contributed by atoms with E-state index in [1.807, 2.05) is 31.2 Å². The average Bonchev–Trinajstić information content (AvgIpc) is 2.60. The zero-order valence-electron chi connectivity index (χ0n) is 13.5. The third-order valence-electron chi connectivity index (χ3n) is 3.42. The molecule has 0 saturated heterocycles. The molecular formula is C18H21FN2O3. The highest BCUT2D eigenvalue weighted by Crippen LogP contribution is 2.17. The van der Waals surface area contributed by atoms with E-state index in [0.29, 0.717) is 18.7 Å². The minimum atomic E-state index is -0.896. The van der Waals surface area contributed by atoms with Crippen molar-refractivity contribution in [2.75, 3.05) is 13.2 Å². The molecule has 2 rings (SSSR count). The predicted molar refractivity (Wildman–Crippen MR) is 89.2 cm³/mol. The number of hydrogen-bond donors (Lipinski definition) is 3. The Morgan fingerprint density at radius 2 is 1.88 bits per heavy atom. The van der Waals surface area contributed by atoms with Crippen molar-refractivity contribution in [3.8, 4) is 5.75 Å². The van der Waals surface area contributed by atoms with Crippen LogP contribution in [-0.4, -0.2) is 24.3 Å². The largest absolute Gasteiger partial charge is 0.494 e. The second-order valence-electron chi connectivity index (χ2n) is 5.17. The van der Waals surface area contributed by atoms with Crippen molar-refractivity contribution in [1.82, 2.24) is 10.6 Å². The first kappa shape index (κ1) is 17.7. The number of amides is 2. The number of para-hydroxylation sites is 1. The van der Waals surface area contributed by atoms with Gasteiger partial charge in [0.1, 0.15) is 11.6 Å². The third kappa shape index (κ3) is 5.24. The summed E-state index contributed by atoms with van der Waals surface area (Å²) in [6.07, 6.45) is -0.896. The molecule has 1 atom stereocenters. The molecule has 1 unspecified atom stereocenters. The van der Waals surface area contributed by atoms with Crippen LogP contribution in [0.25, 0.3) is 0 Å². The SMILES string of the molecule is CCOc1ccccc1CNC(=O)NCC(O)c1ccc(F)cc1. The van der Waals surface area contributed by atoms with Gasteiger partial charge in [-0.15, -0.1) is 0 Å². The van der Waals surface area contributed by atoms with E-state index in [4.69, 9.17) is 4.74 Å². The van der Waals surface area contributed by atoms with E-state index in [2.05, 4.69) is 10.6 Å². The number of benzene rings is 2. The van der Waals surface area contributed by atoms with Crippen LogP contribution in [0.1, 0.15) is 24.2 Å². The highest BCUT2D eigenvalue weighted by atomic mass is 19.1. The second-order valence-corrected chi connectivity index (χ2v) is 5.17. The normalized spacial score (nSPS) is 11.6. The average molecular weight is 332 g/mol. The summed E-state index contributed by atoms with van der Waals surface area (Å²) in [6, 6.07) is 12.6. The topological polar surface area (TPSA) is 70.6 Å². The summed E-state index contributed by atoms with van der Waals surface area (Å²) >= 11 is 0. The lowest BCUT2D eigenvalue weighted by Gasteiger charge is -2.14. The third-order valence-corrected chi connectivity index (χ3v) is 3.42. The van der Waals surface area contributed by atoms with Gasteiger partial charge in [0.05, 0.1) is 12.7 Å². The van der Waals surface area contributed by atoms with E-state index in [1.54, 1.807) is 0 Å². The molecule has 3 N–H and O–H groups in total. The molecule has 0 saturated carbocycles. The number of ether oxygens (including phenoxy) is 1. The lowest BCUT2D eigenvalue weighted by Crippen LogP contribution is -2.37. The number of nitrogens with one attached hydrogen (secondary N) is 2. The van der Waals surface area contributed by atoms with Gasteiger partial charge in [0.25, 0.3) is 0 Å². The van der Waals surface area contributed by atoms with Crippen LogP contribution in [0.15, 0.2) is 48.5 Å². The Bertz CT molecular complexity index is 662. The van der Waals surface area contributed by atoms with Crippen molar-refractivity contribution >= 4 is 6.03 Å². The van der Waals surface area contributed by atoms with Crippen molar-refractivity contribution in [3.05, 3.63) is 65.5 Å². The summed E-state index contributed by atoms with van der Waals surface area (Å²) in [5.74, 6) is 0.358. The van der Waals surface area contributed by atoms with E-state index in [-0.39, 0.29) is 12.4 Å². The standard InChI is InChI=1S/C18H21FN2O3/c1-2-24-17-6-4-3-5-14(17)11-20-18(23)21-12-16(22)13-7-9-15(19)10-8-13/h3-10,16,22H,2,11-12H2,1H3,(H2,20,21,23). The minimum Gasteiger partial charge on any atom is -0.494 e. The maximum atomic E-state index is 12.8. The number of urea groups is 1. The first-order valence-corrected chi connectivity index (χ1v) is 7.76. The number of rotatable bonds is 7. The Labute approximate surface area is 140 Å². The highest BCUT2D eigenvalue weighted by Gasteiger charge is 2.10. The van der Waals surface area contributed by atoms with Crippen LogP contribution < -0.4 is 15.4 Å². The molecule has 2 aromatic carbocycles. The van der Waals surface area contributed by atoms with Crippen molar-refractivity contribution in [2.24, 2.45) is 0 Å². The van der Waals surface area contributed by atoms with Gasteiger partial charge >= 0.3 is 6.03 Å². The Morgan fingerprint density at radius 1 is 1.17 bits per heavy atom. The molecule has 5 nitrogen and oxygen atoms in total. The molecule has 24 heavy (non-hydrogen) atoms. The number of carbonyl (C=O) groups excluding carboxylic acids is 1. The molecular weight excluding hydrogens is 311 g/mol. The molecule has 2 aromatic rings. The number of halogens is 1. The quantitative estimate of drug-likeness (QED) is 0.730. The number of carbonyl (C=O) groups is 1. The number of aliphatic hydroxyl groups is 1. The van der Waals surface area contributed by atoms with Crippen LogP contribution in [0, 0.1) is 5.82 Å². The Kier molecular flexibility index (Phi) is 6.57. The van der Waals surface area contributed by atoms with E-state index < -0.39 is 12.1 Å². The van der Waals surface area contributed by atoms with E-state index >= 15 is 0 Å². The summed E-state index contributed by atoms with van der Waals surface area (Å²) in [6.45, 7) is 2.79. The first-order chi connectivity index (χ1) is 11.6. The van der Waals surface area contributed by atoms with Gasteiger partial charge in [-0.3, -0.25) is 0 Å². The Hall–Kier alpha value is -2.60. The monoisotopic (exact) mass is 332 g/mol.